The predicted molar refractivity (Wildman–Crippen MR) is 96.3 cm³/mol. The summed E-state index contributed by atoms with van der Waals surface area (Å²) >= 11 is 0. The van der Waals surface area contributed by atoms with Gasteiger partial charge in [-0.1, -0.05) is 37.3 Å². The van der Waals surface area contributed by atoms with Gasteiger partial charge >= 0.3 is 6.09 Å². The average molecular weight is 379 g/mol. The highest BCUT2D eigenvalue weighted by molar-refractivity contribution is 5.91. The highest BCUT2D eigenvalue weighted by Gasteiger charge is 2.25. The van der Waals surface area contributed by atoms with Gasteiger partial charge in [0.05, 0.1) is 6.61 Å². The minimum atomic E-state index is -1.32. The molecule has 0 radical (unpaired) electrons. The van der Waals surface area contributed by atoms with E-state index in [1.54, 1.807) is 31.2 Å². The van der Waals surface area contributed by atoms with Crippen molar-refractivity contribution in [3.8, 4) is 0 Å². The highest BCUT2D eigenvalue weighted by Crippen LogP contribution is 2.03. The first-order chi connectivity index (χ1) is 12.9. The van der Waals surface area contributed by atoms with Gasteiger partial charge in [-0.15, -0.1) is 0 Å². The molecule has 9 nitrogen and oxygen atoms in total. The molecule has 0 heterocycles. The Kier molecular flexibility index (Phi) is 9.52. The number of amides is 3. The molecule has 1 rings (SSSR count). The first kappa shape index (κ1) is 22.1. The summed E-state index contributed by atoms with van der Waals surface area (Å²) in [6.45, 7) is 0.980. The molecule has 0 aromatic heterocycles. The highest BCUT2D eigenvalue weighted by atomic mass is 16.5. The fraction of sp³-hybridized carbons (Fsp3) is 0.444. The van der Waals surface area contributed by atoms with Gasteiger partial charge in [0.1, 0.15) is 24.5 Å². The Bertz CT molecular complexity index is 650. The van der Waals surface area contributed by atoms with E-state index in [2.05, 4.69) is 10.6 Å². The predicted octanol–water partition coefficient (Wildman–Crippen LogP) is 0.00310. The number of ether oxygens (including phenoxy) is 1. The van der Waals surface area contributed by atoms with Crippen LogP contribution in [0.5, 0.6) is 0 Å². The van der Waals surface area contributed by atoms with Crippen LogP contribution in [0, 0.1) is 0 Å². The molecule has 1 aromatic carbocycles. The molecule has 2 atom stereocenters. The lowest BCUT2D eigenvalue weighted by Crippen LogP contribution is -2.54. The SMILES string of the molecule is CCC(=O)CC[C@@H](NC(=O)[C@H](CO)NC(=O)OCc1ccccc1)C(N)=O. The van der Waals surface area contributed by atoms with E-state index in [1.165, 1.54) is 0 Å². The average Bonchev–Trinajstić information content (AvgIpc) is 2.67. The van der Waals surface area contributed by atoms with Crippen LogP contribution in [0.25, 0.3) is 0 Å². The second-order valence-corrected chi connectivity index (χ2v) is 5.84. The van der Waals surface area contributed by atoms with Crippen molar-refractivity contribution in [2.45, 2.75) is 44.9 Å². The number of alkyl carbamates (subject to hydrolysis) is 1. The van der Waals surface area contributed by atoms with Crippen LogP contribution in [-0.2, 0) is 25.7 Å². The number of rotatable bonds is 11. The zero-order valence-electron chi connectivity index (χ0n) is 15.1. The molecule has 5 N–H and O–H groups in total. The number of primary amides is 1. The van der Waals surface area contributed by atoms with Crippen LogP contribution < -0.4 is 16.4 Å². The zero-order valence-corrected chi connectivity index (χ0v) is 15.1. The number of carbonyl (C=O) groups is 4. The second-order valence-electron chi connectivity index (χ2n) is 5.84. The summed E-state index contributed by atoms with van der Waals surface area (Å²) in [5.41, 5.74) is 5.98. The lowest BCUT2D eigenvalue weighted by atomic mass is 10.1. The van der Waals surface area contributed by atoms with Gasteiger partial charge < -0.3 is 26.2 Å². The van der Waals surface area contributed by atoms with Crippen molar-refractivity contribution < 1.29 is 29.0 Å². The van der Waals surface area contributed by atoms with Gasteiger partial charge in [0.2, 0.25) is 11.8 Å². The van der Waals surface area contributed by atoms with E-state index in [0.29, 0.717) is 6.42 Å². The fourth-order valence-electron chi connectivity index (χ4n) is 2.14. The number of nitrogens with two attached hydrogens (primary N) is 1. The van der Waals surface area contributed by atoms with Crippen molar-refractivity contribution in [2.24, 2.45) is 5.73 Å². The first-order valence-electron chi connectivity index (χ1n) is 8.56. The lowest BCUT2D eigenvalue weighted by molar-refractivity contribution is -0.129. The Balaban J connectivity index is 2.54. The van der Waals surface area contributed by atoms with Crippen molar-refractivity contribution >= 4 is 23.7 Å². The van der Waals surface area contributed by atoms with Gasteiger partial charge in [-0.25, -0.2) is 4.79 Å². The molecule has 9 heteroatoms. The quantitative estimate of drug-likeness (QED) is 0.425. The van der Waals surface area contributed by atoms with Crippen molar-refractivity contribution in [3.05, 3.63) is 35.9 Å². The van der Waals surface area contributed by atoms with Crippen LogP contribution in [0.15, 0.2) is 30.3 Å². The normalized spacial score (nSPS) is 12.5. The summed E-state index contributed by atoms with van der Waals surface area (Å²) in [6.07, 6.45) is -0.455. The largest absolute Gasteiger partial charge is 0.445 e. The molecule has 0 saturated carbocycles. The first-order valence-corrected chi connectivity index (χ1v) is 8.56. The third kappa shape index (κ3) is 8.32. The summed E-state index contributed by atoms with van der Waals surface area (Å²) in [6, 6.07) is 6.51. The molecule has 27 heavy (non-hydrogen) atoms. The number of aliphatic hydroxyl groups is 1. The van der Waals surface area contributed by atoms with E-state index < -0.39 is 36.6 Å². The molecule has 0 spiro atoms. The van der Waals surface area contributed by atoms with Gasteiger partial charge in [-0.2, -0.15) is 0 Å². The monoisotopic (exact) mass is 379 g/mol. The van der Waals surface area contributed by atoms with Crippen molar-refractivity contribution in [2.75, 3.05) is 6.61 Å². The molecule has 0 aliphatic rings. The van der Waals surface area contributed by atoms with E-state index in [0.717, 1.165) is 5.56 Å². The summed E-state index contributed by atoms with van der Waals surface area (Å²) in [5, 5.41) is 13.9. The molecular weight excluding hydrogens is 354 g/mol. The van der Waals surface area contributed by atoms with Crippen LogP contribution >= 0.6 is 0 Å². The Morgan fingerprint density at radius 3 is 2.33 bits per heavy atom. The Hall–Kier alpha value is -2.94. The van der Waals surface area contributed by atoms with Crippen LogP contribution in [0.1, 0.15) is 31.7 Å². The summed E-state index contributed by atoms with van der Waals surface area (Å²) < 4.78 is 4.98. The standard InChI is InChI=1S/C18H25N3O6/c1-2-13(23)8-9-14(16(19)24)20-17(25)15(10-22)21-18(26)27-11-12-6-4-3-5-7-12/h3-7,14-15,22H,2,8-11H2,1H3,(H2,19,24)(H,20,25)(H,21,26)/t14-,15+/m1/s1. The van der Waals surface area contributed by atoms with Gasteiger partial charge in [-0.05, 0) is 12.0 Å². The van der Waals surface area contributed by atoms with Gasteiger partial charge in [-0.3, -0.25) is 14.4 Å². The maximum absolute atomic E-state index is 12.2. The number of aliphatic hydroxyl groups excluding tert-OH is 1. The molecule has 0 fully saturated rings. The number of ketones is 1. The molecule has 0 aliphatic carbocycles. The zero-order chi connectivity index (χ0) is 20.2. The summed E-state index contributed by atoms with van der Waals surface area (Å²) in [7, 11) is 0. The maximum atomic E-state index is 12.2. The van der Waals surface area contributed by atoms with Gasteiger partial charge in [0.25, 0.3) is 0 Å². The topological polar surface area (TPSA) is 148 Å². The van der Waals surface area contributed by atoms with Crippen LogP contribution in [0.4, 0.5) is 4.79 Å². The third-order valence-electron chi connectivity index (χ3n) is 3.77. The fourth-order valence-corrected chi connectivity index (χ4v) is 2.14. The van der Waals surface area contributed by atoms with Gasteiger partial charge in [0, 0.05) is 12.8 Å². The van der Waals surface area contributed by atoms with E-state index in [1.807, 2.05) is 6.07 Å². The van der Waals surface area contributed by atoms with E-state index >= 15 is 0 Å². The van der Waals surface area contributed by atoms with E-state index in [9.17, 15) is 24.3 Å². The van der Waals surface area contributed by atoms with E-state index in [-0.39, 0.29) is 25.2 Å². The molecule has 1 aromatic rings. The number of Topliss-reactive ketones (excluding diaryl/α,β-unsaturated/α-hetero) is 1. The number of carbonyl (C=O) groups excluding carboxylic acids is 4. The molecule has 3 amide bonds. The van der Waals surface area contributed by atoms with Gasteiger partial charge in [0.15, 0.2) is 0 Å². The minimum absolute atomic E-state index is 0.00448. The van der Waals surface area contributed by atoms with Crippen molar-refractivity contribution in [3.63, 3.8) is 0 Å². The number of benzene rings is 1. The second kappa shape index (κ2) is 11.6. The molecule has 0 aliphatic heterocycles. The smallest absolute Gasteiger partial charge is 0.408 e. The minimum Gasteiger partial charge on any atom is -0.445 e. The molecular formula is C18H25N3O6. The molecule has 0 unspecified atom stereocenters. The van der Waals surface area contributed by atoms with Crippen LogP contribution in [-0.4, -0.2) is 47.5 Å². The lowest BCUT2D eigenvalue weighted by Gasteiger charge is -2.20. The maximum Gasteiger partial charge on any atom is 0.408 e. The Morgan fingerprint density at radius 2 is 1.78 bits per heavy atom. The summed E-state index contributed by atoms with van der Waals surface area (Å²) in [4.78, 5) is 46.8. The van der Waals surface area contributed by atoms with Crippen molar-refractivity contribution in [1.29, 1.82) is 0 Å². The van der Waals surface area contributed by atoms with Crippen LogP contribution in [0.3, 0.4) is 0 Å². The molecule has 148 valence electrons. The molecule has 0 saturated heterocycles. The number of nitrogens with one attached hydrogen (secondary N) is 2. The third-order valence-corrected chi connectivity index (χ3v) is 3.77. The molecule has 0 bridgehead atoms. The Labute approximate surface area is 157 Å². The Morgan fingerprint density at radius 1 is 1.11 bits per heavy atom. The number of hydrogen-bond acceptors (Lipinski definition) is 6. The van der Waals surface area contributed by atoms with Crippen LogP contribution in [0.2, 0.25) is 0 Å². The number of hydrogen-bond donors (Lipinski definition) is 4. The van der Waals surface area contributed by atoms with E-state index in [4.69, 9.17) is 10.5 Å². The van der Waals surface area contributed by atoms with Crippen molar-refractivity contribution in [1.82, 2.24) is 10.6 Å². The summed E-state index contributed by atoms with van der Waals surface area (Å²) in [5.74, 6) is -1.69.